The Morgan fingerprint density at radius 1 is 1.30 bits per heavy atom. The summed E-state index contributed by atoms with van der Waals surface area (Å²) in [6, 6.07) is 9.22. The van der Waals surface area contributed by atoms with Crippen LogP contribution in [-0.4, -0.2) is 28.5 Å². The Balaban J connectivity index is 1.70. The van der Waals surface area contributed by atoms with Gasteiger partial charge in [0.05, 0.1) is 0 Å². The van der Waals surface area contributed by atoms with Crippen molar-refractivity contribution in [1.82, 2.24) is 9.88 Å². The van der Waals surface area contributed by atoms with Gasteiger partial charge < -0.3 is 4.98 Å². The molecule has 1 N–H and O–H groups in total. The molecule has 23 heavy (non-hydrogen) atoms. The third-order valence-corrected chi connectivity index (χ3v) is 6.85. The van der Waals surface area contributed by atoms with Crippen molar-refractivity contribution in [3.05, 3.63) is 48.2 Å². The summed E-state index contributed by atoms with van der Waals surface area (Å²) in [5.74, 6) is 1.46. The molecule has 1 unspecified atom stereocenters. The first kappa shape index (κ1) is 15.0. The van der Waals surface area contributed by atoms with E-state index >= 15 is 0 Å². The SMILES string of the molecule is C=C1CCC2C[C@H]1[C@@H](Cc1c[nH]c3ccccc13)N(C)C2(C)C. The van der Waals surface area contributed by atoms with Gasteiger partial charge in [0.1, 0.15) is 0 Å². The molecular formula is C21H28N2. The van der Waals surface area contributed by atoms with Crippen LogP contribution >= 0.6 is 0 Å². The minimum atomic E-state index is 0.286. The number of nitrogens with zero attached hydrogens (tertiary/aromatic N) is 1. The highest BCUT2D eigenvalue weighted by atomic mass is 15.2. The standard InChI is InChI=1S/C21H28N2/c1-14-9-10-16-12-18(14)20(23(4)21(16,2)3)11-15-13-22-19-8-6-5-7-17(15)19/h5-8,13,16,18,20,22H,1,9-12H2,2-4H3/t16?,18-,20-/m1/s1. The highest BCUT2D eigenvalue weighted by Crippen LogP contribution is 2.49. The lowest BCUT2D eigenvalue weighted by atomic mass is 9.63. The molecule has 0 radical (unpaired) electrons. The van der Waals surface area contributed by atoms with Crippen molar-refractivity contribution in [2.75, 3.05) is 7.05 Å². The van der Waals surface area contributed by atoms with E-state index in [0.717, 1.165) is 12.3 Å². The van der Waals surface area contributed by atoms with Crippen LogP contribution in [0.3, 0.4) is 0 Å². The summed E-state index contributed by atoms with van der Waals surface area (Å²) in [4.78, 5) is 6.09. The van der Waals surface area contributed by atoms with Gasteiger partial charge in [0.2, 0.25) is 0 Å². The summed E-state index contributed by atoms with van der Waals surface area (Å²) in [6.45, 7) is 9.29. The number of H-pyrrole nitrogens is 1. The second kappa shape index (κ2) is 5.24. The number of likely N-dealkylation sites (N-methyl/N-ethyl adjacent to an activating group) is 1. The van der Waals surface area contributed by atoms with E-state index in [2.05, 4.69) is 67.8 Å². The zero-order chi connectivity index (χ0) is 16.2. The number of likely N-dealkylation sites (tertiary alicyclic amines) is 1. The lowest BCUT2D eigenvalue weighted by molar-refractivity contribution is -0.0412. The van der Waals surface area contributed by atoms with Crippen molar-refractivity contribution in [3.63, 3.8) is 0 Å². The van der Waals surface area contributed by atoms with Crippen LogP contribution < -0.4 is 0 Å². The molecule has 2 heteroatoms. The Hall–Kier alpha value is -1.54. The lowest BCUT2D eigenvalue weighted by Crippen LogP contribution is -2.61. The van der Waals surface area contributed by atoms with Gasteiger partial charge in [-0.25, -0.2) is 0 Å². The molecule has 3 atom stereocenters. The Morgan fingerprint density at radius 2 is 2.09 bits per heavy atom. The molecule has 2 nitrogen and oxygen atoms in total. The number of rotatable bonds is 2. The van der Waals surface area contributed by atoms with E-state index in [-0.39, 0.29) is 5.54 Å². The molecule has 1 aliphatic heterocycles. The smallest absolute Gasteiger partial charge is 0.0456 e. The van der Waals surface area contributed by atoms with Gasteiger partial charge >= 0.3 is 0 Å². The number of benzene rings is 1. The summed E-state index contributed by atoms with van der Waals surface area (Å²) >= 11 is 0. The predicted molar refractivity (Wildman–Crippen MR) is 97.6 cm³/mol. The van der Waals surface area contributed by atoms with E-state index in [0.29, 0.717) is 12.0 Å². The van der Waals surface area contributed by atoms with Gasteiger partial charge in [-0.3, -0.25) is 4.90 Å². The number of hydrogen-bond acceptors (Lipinski definition) is 1. The third kappa shape index (κ3) is 2.27. The van der Waals surface area contributed by atoms with Gasteiger partial charge in [0.25, 0.3) is 0 Å². The Kier molecular flexibility index (Phi) is 3.42. The molecule has 4 rings (SSSR count). The molecule has 0 amide bonds. The number of nitrogens with one attached hydrogen (secondary N) is 1. The molecule has 0 spiro atoms. The largest absolute Gasteiger partial charge is 0.361 e. The summed E-state index contributed by atoms with van der Waals surface area (Å²) < 4.78 is 0. The molecule has 1 aliphatic carbocycles. The topological polar surface area (TPSA) is 19.0 Å². The maximum absolute atomic E-state index is 4.42. The van der Waals surface area contributed by atoms with E-state index in [1.54, 1.807) is 0 Å². The minimum absolute atomic E-state index is 0.286. The summed E-state index contributed by atoms with van der Waals surface area (Å²) in [5, 5.41) is 1.38. The van der Waals surface area contributed by atoms with E-state index < -0.39 is 0 Å². The van der Waals surface area contributed by atoms with Gasteiger partial charge in [-0.2, -0.15) is 0 Å². The van der Waals surface area contributed by atoms with Crippen molar-refractivity contribution in [1.29, 1.82) is 0 Å². The number of aromatic nitrogens is 1. The molecule has 122 valence electrons. The van der Waals surface area contributed by atoms with E-state index in [9.17, 15) is 0 Å². The molecule has 1 aromatic carbocycles. The van der Waals surface area contributed by atoms with Gasteiger partial charge in [0, 0.05) is 28.7 Å². The van der Waals surface area contributed by atoms with Gasteiger partial charge in [-0.05, 0) is 70.0 Å². The molecule has 2 bridgehead atoms. The molecule has 2 aromatic rings. The highest BCUT2D eigenvalue weighted by molar-refractivity contribution is 5.83. The lowest BCUT2D eigenvalue weighted by Gasteiger charge is -2.57. The van der Waals surface area contributed by atoms with Crippen molar-refractivity contribution in [3.8, 4) is 0 Å². The highest BCUT2D eigenvalue weighted by Gasteiger charge is 2.48. The molecule has 1 saturated heterocycles. The first-order valence-electron chi connectivity index (χ1n) is 8.94. The van der Waals surface area contributed by atoms with Gasteiger partial charge in [-0.1, -0.05) is 30.4 Å². The van der Waals surface area contributed by atoms with Crippen molar-refractivity contribution >= 4 is 10.9 Å². The summed E-state index contributed by atoms with van der Waals surface area (Å²) in [6.07, 6.45) is 7.18. The Bertz CT molecular complexity index is 739. The summed E-state index contributed by atoms with van der Waals surface area (Å²) in [5.41, 5.74) is 4.47. The fourth-order valence-electron chi connectivity index (χ4n) is 5.00. The molecule has 2 fully saturated rings. The minimum Gasteiger partial charge on any atom is -0.361 e. The number of fused-ring (bicyclic) bond motifs is 3. The maximum Gasteiger partial charge on any atom is 0.0456 e. The number of piperidine rings is 1. The van der Waals surface area contributed by atoms with E-state index in [1.165, 1.54) is 41.3 Å². The first-order chi connectivity index (χ1) is 11.0. The maximum atomic E-state index is 4.42. The normalized spacial score (nSPS) is 30.7. The number of aromatic amines is 1. The second-order valence-electron chi connectivity index (χ2n) is 8.13. The average Bonchev–Trinajstić information content (AvgIpc) is 2.95. The van der Waals surface area contributed by atoms with Crippen LogP contribution in [0.25, 0.3) is 10.9 Å². The van der Waals surface area contributed by atoms with Crippen LogP contribution in [0.1, 0.15) is 38.7 Å². The Labute approximate surface area is 139 Å². The monoisotopic (exact) mass is 308 g/mol. The zero-order valence-electron chi connectivity index (χ0n) is 14.6. The second-order valence-corrected chi connectivity index (χ2v) is 8.13. The first-order valence-corrected chi connectivity index (χ1v) is 8.94. The number of para-hydroxylation sites is 1. The van der Waals surface area contributed by atoms with Crippen LogP contribution in [0.15, 0.2) is 42.6 Å². The molecule has 2 heterocycles. The van der Waals surface area contributed by atoms with Crippen molar-refractivity contribution in [2.24, 2.45) is 11.8 Å². The molecular weight excluding hydrogens is 280 g/mol. The van der Waals surface area contributed by atoms with Crippen molar-refractivity contribution < 1.29 is 0 Å². The third-order valence-electron chi connectivity index (χ3n) is 6.85. The average molecular weight is 308 g/mol. The fourth-order valence-corrected chi connectivity index (χ4v) is 5.00. The molecule has 1 saturated carbocycles. The van der Waals surface area contributed by atoms with Crippen LogP contribution in [0.5, 0.6) is 0 Å². The van der Waals surface area contributed by atoms with E-state index in [1.807, 2.05) is 0 Å². The molecule has 2 aliphatic rings. The van der Waals surface area contributed by atoms with Crippen LogP contribution in [0.4, 0.5) is 0 Å². The van der Waals surface area contributed by atoms with Crippen LogP contribution in [-0.2, 0) is 6.42 Å². The van der Waals surface area contributed by atoms with Crippen molar-refractivity contribution in [2.45, 2.75) is 51.1 Å². The summed E-state index contributed by atoms with van der Waals surface area (Å²) in [7, 11) is 2.33. The fraction of sp³-hybridized carbons (Fsp3) is 0.524. The molecule has 1 aromatic heterocycles. The predicted octanol–water partition coefficient (Wildman–Crippen LogP) is 4.78. The van der Waals surface area contributed by atoms with E-state index in [4.69, 9.17) is 0 Å². The Morgan fingerprint density at radius 3 is 2.91 bits per heavy atom. The number of hydrogen-bond donors (Lipinski definition) is 1. The zero-order valence-corrected chi connectivity index (χ0v) is 14.6. The van der Waals surface area contributed by atoms with Crippen LogP contribution in [0.2, 0.25) is 0 Å². The van der Waals surface area contributed by atoms with Gasteiger partial charge in [-0.15, -0.1) is 0 Å². The van der Waals surface area contributed by atoms with Crippen LogP contribution in [0, 0.1) is 11.8 Å². The van der Waals surface area contributed by atoms with Gasteiger partial charge in [0.15, 0.2) is 0 Å². The quantitative estimate of drug-likeness (QED) is 0.791.